The number of rotatable bonds is 5. The second kappa shape index (κ2) is 10.0. The zero-order valence-corrected chi connectivity index (χ0v) is 17.5. The second-order valence-electron chi connectivity index (χ2n) is 5.55. The lowest BCUT2D eigenvalue weighted by atomic mass is 10.2. The predicted octanol–water partition coefficient (Wildman–Crippen LogP) is 4.31. The van der Waals surface area contributed by atoms with E-state index in [1.807, 2.05) is 19.2 Å². The Balaban J connectivity index is 0.00000338. The number of nitrogens with one attached hydrogen (secondary N) is 2. The van der Waals surface area contributed by atoms with Crippen molar-refractivity contribution in [2.75, 3.05) is 7.05 Å². The maximum Gasteiger partial charge on any atom is 0.191 e. The lowest BCUT2D eigenvalue weighted by molar-refractivity contribution is 0.437. The Morgan fingerprint density at radius 1 is 1.12 bits per heavy atom. The van der Waals surface area contributed by atoms with E-state index in [9.17, 15) is 17.6 Å². The molecule has 2 aromatic rings. The van der Waals surface area contributed by atoms with E-state index in [1.54, 1.807) is 0 Å². The van der Waals surface area contributed by atoms with Crippen LogP contribution in [0.25, 0.3) is 0 Å². The molecule has 0 spiro atoms. The summed E-state index contributed by atoms with van der Waals surface area (Å²) < 4.78 is 53.7. The van der Waals surface area contributed by atoms with Gasteiger partial charge >= 0.3 is 0 Å². The highest BCUT2D eigenvalue weighted by Crippen LogP contribution is 2.19. The molecule has 144 valence electrons. The molecule has 2 N–H and O–H groups in total. The van der Waals surface area contributed by atoms with E-state index in [0.29, 0.717) is 12.5 Å². The van der Waals surface area contributed by atoms with E-state index in [1.165, 1.54) is 18.4 Å². The summed E-state index contributed by atoms with van der Waals surface area (Å²) in [4.78, 5) is 8.34. The second-order valence-corrected chi connectivity index (χ2v) is 6.49. The Labute approximate surface area is 170 Å². The Morgan fingerprint density at radius 2 is 1.69 bits per heavy atom. The van der Waals surface area contributed by atoms with Crippen molar-refractivity contribution in [3.8, 4) is 0 Å². The highest BCUT2D eigenvalue weighted by molar-refractivity contribution is 14.0. The van der Waals surface area contributed by atoms with Crippen LogP contribution in [0.1, 0.15) is 36.0 Å². The van der Waals surface area contributed by atoms with Gasteiger partial charge in [0.1, 0.15) is 5.01 Å². The van der Waals surface area contributed by atoms with Crippen molar-refractivity contribution in [1.82, 2.24) is 15.6 Å². The van der Waals surface area contributed by atoms with Gasteiger partial charge in [0.05, 0.1) is 12.2 Å². The highest BCUT2D eigenvalue weighted by atomic mass is 127. The van der Waals surface area contributed by atoms with Crippen LogP contribution >= 0.6 is 35.3 Å². The monoisotopic (exact) mass is 502 g/mol. The smallest absolute Gasteiger partial charge is 0.191 e. The van der Waals surface area contributed by atoms with Gasteiger partial charge in [-0.05, 0) is 5.92 Å². The summed E-state index contributed by atoms with van der Waals surface area (Å²) in [5.74, 6) is -5.20. The van der Waals surface area contributed by atoms with Gasteiger partial charge in [0.25, 0.3) is 0 Å². The largest absolute Gasteiger partial charge is 0.352 e. The summed E-state index contributed by atoms with van der Waals surface area (Å²) in [5.41, 5.74) is 0.251. The topological polar surface area (TPSA) is 49.3 Å². The van der Waals surface area contributed by atoms with Crippen molar-refractivity contribution in [2.45, 2.75) is 32.9 Å². The van der Waals surface area contributed by atoms with Crippen LogP contribution in [0, 0.1) is 23.3 Å². The van der Waals surface area contributed by atoms with Gasteiger partial charge in [0.15, 0.2) is 29.2 Å². The molecule has 0 atom stereocenters. The predicted molar refractivity (Wildman–Crippen MR) is 105 cm³/mol. The Bertz CT molecular complexity index is 754. The van der Waals surface area contributed by atoms with Crippen LogP contribution in [0.15, 0.2) is 16.4 Å². The molecule has 26 heavy (non-hydrogen) atoms. The van der Waals surface area contributed by atoms with Crippen molar-refractivity contribution in [3.63, 3.8) is 0 Å². The number of aliphatic imine (C=N–C) groups is 1. The summed E-state index contributed by atoms with van der Waals surface area (Å²) in [7, 11) is 1.47. The molecule has 0 saturated carbocycles. The Morgan fingerprint density at radius 3 is 2.19 bits per heavy atom. The molecule has 4 nitrogen and oxygen atoms in total. The quantitative estimate of drug-likeness (QED) is 0.211. The molecule has 0 unspecified atom stereocenters. The minimum absolute atomic E-state index is 0. The average Bonchev–Trinajstić information content (AvgIpc) is 3.05. The highest BCUT2D eigenvalue weighted by Gasteiger charge is 2.19. The third kappa shape index (κ3) is 5.53. The first-order valence-electron chi connectivity index (χ1n) is 7.54. The van der Waals surface area contributed by atoms with Gasteiger partial charge in [-0.3, -0.25) is 4.99 Å². The summed E-state index contributed by atoms with van der Waals surface area (Å²) >= 11 is 1.48. The molecule has 1 heterocycles. The van der Waals surface area contributed by atoms with Crippen molar-refractivity contribution >= 4 is 41.3 Å². The van der Waals surface area contributed by atoms with Crippen LogP contribution in [-0.2, 0) is 13.1 Å². The van der Waals surface area contributed by atoms with E-state index in [4.69, 9.17) is 0 Å². The van der Waals surface area contributed by atoms with Gasteiger partial charge in [0.2, 0.25) is 0 Å². The molecule has 0 saturated heterocycles. The number of thiazole rings is 1. The molecule has 0 aliphatic carbocycles. The van der Waals surface area contributed by atoms with Crippen molar-refractivity contribution in [2.24, 2.45) is 4.99 Å². The first-order chi connectivity index (χ1) is 11.8. The van der Waals surface area contributed by atoms with Crippen molar-refractivity contribution in [1.29, 1.82) is 0 Å². The summed E-state index contributed by atoms with van der Waals surface area (Å²) in [6.07, 6.45) is 0. The maximum absolute atomic E-state index is 13.6. The molecular weight excluding hydrogens is 483 g/mol. The number of aromatic nitrogens is 1. The third-order valence-electron chi connectivity index (χ3n) is 3.43. The fraction of sp³-hybridized carbons (Fsp3) is 0.375. The molecule has 0 aliphatic heterocycles. The van der Waals surface area contributed by atoms with Crippen LogP contribution in [0.4, 0.5) is 17.6 Å². The minimum atomic E-state index is -1.44. The summed E-state index contributed by atoms with van der Waals surface area (Å²) in [6, 6.07) is 0.177. The molecule has 0 bridgehead atoms. The fourth-order valence-corrected chi connectivity index (χ4v) is 2.90. The number of nitrogens with zero attached hydrogens (tertiary/aromatic N) is 2. The number of hydrogen-bond acceptors (Lipinski definition) is 3. The van der Waals surface area contributed by atoms with Crippen molar-refractivity contribution in [3.05, 3.63) is 51.0 Å². The summed E-state index contributed by atoms with van der Waals surface area (Å²) in [5, 5.41) is 8.33. The minimum Gasteiger partial charge on any atom is -0.352 e. The molecule has 0 radical (unpaired) electrons. The molecule has 0 fully saturated rings. The number of benzene rings is 1. The number of hydrogen-bond donors (Lipinski definition) is 2. The molecule has 10 heteroatoms. The van der Waals surface area contributed by atoms with Crippen LogP contribution in [0.3, 0.4) is 0 Å². The van der Waals surface area contributed by atoms with Crippen LogP contribution in [0.5, 0.6) is 0 Å². The van der Waals surface area contributed by atoms with Crippen LogP contribution in [0.2, 0.25) is 0 Å². The standard InChI is InChI=1S/C16H18F4N4S.HI/c1-8(2)12-7-25-13(24-12)6-23-16(21-3)22-5-9-14(19)10(17)4-11(18)15(9)20;/h4,7-8H,5-6H2,1-3H3,(H2,21,22,23);1H. The van der Waals surface area contributed by atoms with E-state index < -0.39 is 35.4 Å². The van der Waals surface area contributed by atoms with Crippen LogP contribution < -0.4 is 10.6 Å². The molecule has 1 aromatic carbocycles. The number of guanidine groups is 1. The first-order valence-corrected chi connectivity index (χ1v) is 8.42. The van der Waals surface area contributed by atoms with Gasteiger partial charge in [-0.1, -0.05) is 13.8 Å². The van der Waals surface area contributed by atoms with Gasteiger partial charge < -0.3 is 10.6 Å². The fourth-order valence-electron chi connectivity index (χ4n) is 2.00. The maximum atomic E-state index is 13.6. The number of halogens is 5. The Kier molecular flexibility index (Phi) is 8.74. The average molecular weight is 502 g/mol. The zero-order valence-electron chi connectivity index (χ0n) is 14.4. The third-order valence-corrected chi connectivity index (χ3v) is 4.29. The van der Waals surface area contributed by atoms with Gasteiger partial charge in [-0.2, -0.15) is 0 Å². The van der Waals surface area contributed by atoms with E-state index in [-0.39, 0.29) is 36.0 Å². The Hall–Kier alpha value is -1.43. The molecule has 0 amide bonds. The SMILES string of the molecule is CN=C(NCc1nc(C(C)C)cs1)NCc1c(F)c(F)cc(F)c1F.I. The van der Waals surface area contributed by atoms with Gasteiger partial charge in [-0.25, -0.2) is 22.5 Å². The van der Waals surface area contributed by atoms with Gasteiger partial charge in [-0.15, -0.1) is 35.3 Å². The molecule has 2 rings (SSSR count). The molecule has 1 aromatic heterocycles. The zero-order chi connectivity index (χ0) is 18.6. The molecular formula is C16H19F4IN4S. The lowest BCUT2D eigenvalue weighted by Gasteiger charge is -2.12. The van der Waals surface area contributed by atoms with Gasteiger partial charge in [0, 0.05) is 30.6 Å². The van der Waals surface area contributed by atoms with Crippen LogP contribution in [-0.4, -0.2) is 18.0 Å². The molecule has 0 aliphatic rings. The van der Waals surface area contributed by atoms with E-state index in [2.05, 4.69) is 20.6 Å². The van der Waals surface area contributed by atoms with E-state index in [0.717, 1.165) is 10.7 Å². The summed E-state index contributed by atoms with van der Waals surface area (Å²) in [6.45, 7) is 3.97. The first kappa shape index (κ1) is 22.6. The normalized spacial score (nSPS) is 11.5. The lowest BCUT2D eigenvalue weighted by Crippen LogP contribution is -2.36. The van der Waals surface area contributed by atoms with Crippen molar-refractivity contribution < 1.29 is 17.6 Å². The van der Waals surface area contributed by atoms with E-state index >= 15 is 0 Å².